The minimum Gasteiger partial charge on any atom is -0.507 e. The van der Waals surface area contributed by atoms with Gasteiger partial charge in [0.2, 0.25) is 23.6 Å². The third-order valence-corrected chi connectivity index (χ3v) is 12.6. The smallest absolute Gasteiger partial charge is 0.326 e. The van der Waals surface area contributed by atoms with Crippen molar-refractivity contribution in [1.29, 1.82) is 0 Å². The van der Waals surface area contributed by atoms with Crippen LogP contribution >= 0.6 is 11.3 Å². The highest BCUT2D eigenvalue weighted by Crippen LogP contribution is 2.39. The lowest BCUT2D eigenvalue weighted by Crippen LogP contribution is -2.55. The first-order chi connectivity index (χ1) is 31.7. The van der Waals surface area contributed by atoms with Gasteiger partial charge in [-0.1, -0.05) is 81.8 Å². The van der Waals surface area contributed by atoms with E-state index in [2.05, 4.69) is 51.0 Å². The molecule has 1 aromatic heterocycles. The number of amides is 5. The number of unbranched alkanes of at least 4 members (excludes halogenated alkanes) is 7. The number of thiazole rings is 1. The predicted molar refractivity (Wildman–Crippen MR) is 251 cm³/mol. The van der Waals surface area contributed by atoms with Crippen LogP contribution in [0, 0.1) is 0 Å². The van der Waals surface area contributed by atoms with Crippen LogP contribution in [0.4, 0.5) is 0 Å². The highest BCUT2D eigenvalue weighted by molar-refractivity contribution is 7.13. The van der Waals surface area contributed by atoms with Crippen LogP contribution in [0.5, 0.6) is 11.5 Å². The van der Waals surface area contributed by atoms with Gasteiger partial charge >= 0.3 is 5.97 Å². The maximum absolute atomic E-state index is 14.4. The van der Waals surface area contributed by atoms with Crippen molar-refractivity contribution in [2.45, 2.75) is 121 Å². The number of likely N-dealkylation sites (N-methyl/N-ethyl adjacent to an activating group) is 1. The van der Waals surface area contributed by atoms with Gasteiger partial charge in [-0.2, -0.15) is 0 Å². The third-order valence-electron chi connectivity index (χ3n) is 11.7. The number of fused-ring (bicyclic) bond motifs is 5. The van der Waals surface area contributed by atoms with E-state index >= 15 is 0 Å². The molecule has 10 N–H and O–H groups in total. The molecular formula is C49H64N7O9S+. The zero-order chi connectivity index (χ0) is 47.8. The number of hydrogen-bond acceptors (Lipinski definition) is 10. The molecule has 2 heterocycles. The Morgan fingerprint density at radius 1 is 0.879 bits per heavy atom. The number of hydrogen-bond donors (Lipinski definition) is 8. The minimum atomic E-state index is -1.43. The molecule has 5 rings (SSSR count). The number of rotatable bonds is 21. The number of quaternary nitrogens is 1. The molecule has 1 aliphatic heterocycles. The zero-order valence-corrected chi connectivity index (χ0v) is 38.9. The molecule has 0 radical (unpaired) electrons. The standard InChI is InChI=1S/C49H63N7O9S/c1-4-5-6-7-8-9-10-13-31-15-18-33(19-16-31)47-55-39(29-66-47)45(61)51-25-23-42(59)53-37(14-11-12-24-50)48(63)56(3)43-34-20-22-41(58)36(28-34)35-26-32(17-21-40(35)57)27-38(49(64)65)54-44(60)30(2)52-46(43)62/h15-22,26,28-30,37-38,43,57-58H,4-14,23-25,27,50H2,1-3H3,(H,51,61)(H,52,62)(H,53,59)(H,54,60)(H,64,65)/p+1/t30-,37-,38-,43-/m0/s1. The molecule has 0 spiro atoms. The van der Waals surface area contributed by atoms with Crippen LogP contribution in [0.15, 0.2) is 66.0 Å². The zero-order valence-electron chi connectivity index (χ0n) is 38.1. The first-order valence-electron chi connectivity index (χ1n) is 22.9. The van der Waals surface area contributed by atoms with Crippen LogP contribution in [0.25, 0.3) is 21.7 Å². The van der Waals surface area contributed by atoms with Gasteiger partial charge in [-0.25, -0.2) is 9.78 Å². The van der Waals surface area contributed by atoms with Gasteiger partial charge in [0, 0.05) is 48.5 Å². The first-order valence-corrected chi connectivity index (χ1v) is 23.8. The Morgan fingerprint density at radius 2 is 1.56 bits per heavy atom. The molecule has 4 atom stereocenters. The summed E-state index contributed by atoms with van der Waals surface area (Å²) >= 11 is 1.35. The van der Waals surface area contributed by atoms with Crippen molar-refractivity contribution in [2.24, 2.45) is 0 Å². The number of carboxylic acid groups (broad SMARTS) is 1. The average Bonchev–Trinajstić information content (AvgIpc) is 3.80. The van der Waals surface area contributed by atoms with Crippen LogP contribution in [-0.4, -0.2) is 99.0 Å². The van der Waals surface area contributed by atoms with Crippen LogP contribution in [0.1, 0.15) is 118 Å². The van der Waals surface area contributed by atoms with E-state index in [0.717, 1.165) is 23.3 Å². The Kier molecular flexibility index (Phi) is 19.1. The number of aromatic nitrogens is 1. The SMILES string of the molecule is CCCCCCCCCc1ccc(-c2nc(C(=O)NCCC(=O)N[C@@H](CCCC[NH3+])C(=O)N(C)[C@@H]3C(=O)N[C@@H](C)C(=O)N[C@H](C(=O)O)Cc4ccc(O)c(c4)-c4cc3ccc4O)cs2)cc1. The maximum atomic E-state index is 14.4. The minimum absolute atomic E-state index is 0.0431. The average molecular weight is 927 g/mol. The van der Waals surface area contributed by atoms with Crippen LogP contribution in [0.3, 0.4) is 0 Å². The molecule has 0 saturated carbocycles. The lowest BCUT2D eigenvalue weighted by atomic mass is 9.93. The molecular weight excluding hydrogens is 863 g/mol. The Bertz CT molecular complexity index is 2320. The number of carbonyl (C=O) groups is 6. The van der Waals surface area contributed by atoms with Crippen LogP contribution in [0.2, 0.25) is 0 Å². The number of aryl methyl sites for hydroxylation is 1. The van der Waals surface area contributed by atoms with E-state index in [0.29, 0.717) is 30.0 Å². The van der Waals surface area contributed by atoms with Gasteiger partial charge in [-0.05, 0) is 80.0 Å². The number of phenolic OH excluding ortho intramolecular Hbond substituents is 2. The topological polar surface area (TPSA) is 255 Å². The summed E-state index contributed by atoms with van der Waals surface area (Å²) in [5, 5.41) is 44.7. The summed E-state index contributed by atoms with van der Waals surface area (Å²) in [5.74, 6) is -5.04. The normalized spacial score (nSPS) is 16.6. The van der Waals surface area contributed by atoms with E-state index in [4.69, 9.17) is 0 Å². The Morgan fingerprint density at radius 3 is 2.26 bits per heavy atom. The van der Waals surface area contributed by atoms with Crippen molar-refractivity contribution in [3.8, 4) is 33.2 Å². The van der Waals surface area contributed by atoms with Crippen molar-refractivity contribution in [3.05, 3.63) is 88.4 Å². The van der Waals surface area contributed by atoms with E-state index in [9.17, 15) is 44.1 Å². The summed E-state index contributed by atoms with van der Waals surface area (Å²) in [5.41, 5.74) is 7.14. The van der Waals surface area contributed by atoms with Gasteiger partial charge in [0.25, 0.3) is 5.91 Å². The molecule has 66 heavy (non-hydrogen) atoms. The summed E-state index contributed by atoms with van der Waals surface area (Å²) in [4.78, 5) is 86.2. The largest absolute Gasteiger partial charge is 0.507 e. The number of aromatic hydroxyl groups is 2. The fraction of sp³-hybridized carbons (Fsp3) is 0.449. The molecule has 3 aromatic carbocycles. The number of benzene rings is 3. The number of aliphatic carboxylic acids is 1. The van der Waals surface area contributed by atoms with Crippen molar-refractivity contribution in [1.82, 2.24) is 31.2 Å². The Labute approximate surface area is 389 Å². The third kappa shape index (κ3) is 14.1. The van der Waals surface area contributed by atoms with Crippen molar-refractivity contribution in [2.75, 3.05) is 20.1 Å². The highest BCUT2D eigenvalue weighted by Gasteiger charge is 2.36. The van der Waals surface area contributed by atoms with Crippen molar-refractivity contribution in [3.63, 3.8) is 0 Å². The molecule has 0 fully saturated rings. The first kappa shape index (κ1) is 50.7. The second-order valence-corrected chi connectivity index (χ2v) is 17.8. The summed E-state index contributed by atoms with van der Waals surface area (Å²) < 4.78 is 0. The molecule has 0 aliphatic carbocycles. The molecule has 0 saturated heterocycles. The van der Waals surface area contributed by atoms with E-state index in [-0.39, 0.29) is 59.7 Å². The van der Waals surface area contributed by atoms with Crippen molar-refractivity contribution >= 4 is 46.8 Å². The quantitative estimate of drug-likeness (QED) is 0.0518. The fourth-order valence-electron chi connectivity index (χ4n) is 7.92. The molecule has 1 aliphatic rings. The van der Waals surface area contributed by atoms with Gasteiger partial charge < -0.3 is 47.2 Å². The van der Waals surface area contributed by atoms with Gasteiger partial charge in [0.1, 0.15) is 46.4 Å². The summed E-state index contributed by atoms with van der Waals surface area (Å²) in [6.45, 7) is 4.14. The second-order valence-electron chi connectivity index (χ2n) is 16.9. The number of carbonyl (C=O) groups excluding carboxylic acids is 5. The number of nitrogens with zero attached hydrogens (tertiary/aromatic N) is 2. The molecule has 4 aromatic rings. The molecule has 5 amide bonds. The molecule has 4 bridgehead atoms. The number of nitrogens with one attached hydrogen (secondary N) is 4. The molecule has 16 nitrogen and oxygen atoms in total. The van der Waals surface area contributed by atoms with Gasteiger partial charge in [-0.3, -0.25) is 24.0 Å². The van der Waals surface area contributed by atoms with E-state index < -0.39 is 59.7 Å². The lowest BCUT2D eigenvalue weighted by Gasteiger charge is -2.32. The van der Waals surface area contributed by atoms with Crippen LogP contribution in [-0.2, 0) is 36.8 Å². The van der Waals surface area contributed by atoms with Crippen molar-refractivity contribution < 1.29 is 49.8 Å². The fourth-order valence-corrected chi connectivity index (χ4v) is 8.73. The van der Waals surface area contributed by atoms with Gasteiger partial charge in [-0.15, -0.1) is 11.3 Å². The Balaban J connectivity index is 1.26. The summed E-state index contributed by atoms with van der Waals surface area (Å²) in [7, 11) is 1.38. The predicted octanol–water partition coefficient (Wildman–Crippen LogP) is 5.03. The molecule has 17 heteroatoms. The molecule has 354 valence electrons. The number of phenols is 2. The van der Waals surface area contributed by atoms with Crippen LogP contribution < -0.4 is 27.0 Å². The second kappa shape index (κ2) is 24.8. The highest BCUT2D eigenvalue weighted by atomic mass is 32.1. The number of carboxylic acids is 1. The molecule has 0 unspecified atom stereocenters. The van der Waals surface area contributed by atoms with E-state index in [1.165, 1.54) is 106 Å². The van der Waals surface area contributed by atoms with E-state index in [1.54, 1.807) is 5.38 Å². The lowest BCUT2D eigenvalue weighted by molar-refractivity contribution is -0.368. The summed E-state index contributed by atoms with van der Waals surface area (Å²) in [6.07, 6.45) is 10.9. The summed E-state index contributed by atoms with van der Waals surface area (Å²) in [6, 6.07) is 11.6. The monoisotopic (exact) mass is 926 g/mol. The maximum Gasteiger partial charge on any atom is 0.326 e. The van der Waals surface area contributed by atoms with Gasteiger partial charge in [0.05, 0.1) is 6.54 Å². The van der Waals surface area contributed by atoms with Gasteiger partial charge in [0.15, 0.2) is 0 Å². The Hall–Kier alpha value is -6.33. The van der Waals surface area contributed by atoms with E-state index in [1.807, 2.05) is 12.1 Å².